The van der Waals surface area contributed by atoms with Crippen LogP contribution in [0, 0.1) is 23.7 Å². The van der Waals surface area contributed by atoms with Gasteiger partial charge in [0.1, 0.15) is 19.3 Å². The van der Waals surface area contributed by atoms with Gasteiger partial charge in [-0.25, -0.2) is 9.13 Å². The van der Waals surface area contributed by atoms with Crippen molar-refractivity contribution in [3.8, 4) is 0 Å². The standard InChI is InChI=1S/C72H140O17P2/c1-9-65(8)51-43-35-30-31-37-45-53-70(75)83-59-68(89-72(77)55-47-39-29-23-22-26-34-42-50-64(6)7)61-87-91(80,81)85-57-66(73)56-84-90(78,79)86-60-67(88-71(76)54-46-38-28-21-17-16-19-25-33-41-49-63(4)5)58-82-69(74)52-44-36-27-20-15-13-11-10-12-14-18-24-32-40-48-62(2)3/h62-68,73H,9-61H2,1-8H3,(H,78,79)(H,80,81)/t65?,66-,67-,68-/m1/s1. The van der Waals surface area contributed by atoms with Gasteiger partial charge in [-0.05, 0) is 49.4 Å². The summed E-state index contributed by atoms with van der Waals surface area (Å²) in [6, 6.07) is 0. The second-order valence-electron chi connectivity index (χ2n) is 27.6. The molecule has 0 rings (SSSR count). The minimum Gasteiger partial charge on any atom is -0.462 e. The summed E-state index contributed by atoms with van der Waals surface area (Å²) < 4.78 is 68.3. The van der Waals surface area contributed by atoms with Gasteiger partial charge in [-0.15, -0.1) is 0 Å². The number of carbonyl (C=O) groups is 4. The van der Waals surface area contributed by atoms with Gasteiger partial charge in [-0.2, -0.15) is 0 Å². The third kappa shape index (κ3) is 65.1. The van der Waals surface area contributed by atoms with Crippen molar-refractivity contribution in [2.75, 3.05) is 39.6 Å². The molecule has 0 aromatic carbocycles. The predicted octanol–water partition coefficient (Wildman–Crippen LogP) is 20.5. The lowest BCUT2D eigenvalue weighted by Gasteiger charge is -2.21. The molecule has 0 aliphatic rings. The van der Waals surface area contributed by atoms with Gasteiger partial charge in [0.25, 0.3) is 0 Å². The third-order valence-corrected chi connectivity index (χ3v) is 18.8. The molecule has 0 aromatic heterocycles. The maximum absolute atomic E-state index is 13.0. The van der Waals surface area contributed by atoms with Gasteiger partial charge < -0.3 is 33.8 Å². The second kappa shape index (κ2) is 61.6. The van der Waals surface area contributed by atoms with Gasteiger partial charge in [0, 0.05) is 25.7 Å². The van der Waals surface area contributed by atoms with Crippen LogP contribution < -0.4 is 0 Å². The van der Waals surface area contributed by atoms with Gasteiger partial charge >= 0.3 is 39.5 Å². The number of rotatable bonds is 69. The molecular formula is C72H140O17P2. The second-order valence-corrected chi connectivity index (χ2v) is 30.6. The van der Waals surface area contributed by atoms with Gasteiger partial charge in [-0.1, -0.05) is 306 Å². The summed E-state index contributed by atoms with van der Waals surface area (Å²) in [5.74, 6) is 0.872. The highest BCUT2D eigenvalue weighted by Crippen LogP contribution is 2.45. The minimum atomic E-state index is -4.95. The fourth-order valence-corrected chi connectivity index (χ4v) is 12.4. The molecule has 17 nitrogen and oxygen atoms in total. The van der Waals surface area contributed by atoms with Crippen LogP contribution >= 0.6 is 15.6 Å². The molecule has 0 aliphatic carbocycles. The Balaban J connectivity index is 5.24. The van der Waals surface area contributed by atoms with Gasteiger partial charge in [0.05, 0.1) is 26.4 Å². The number of esters is 4. The summed E-state index contributed by atoms with van der Waals surface area (Å²) in [5.41, 5.74) is 0. The number of aliphatic hydroxyl groups excluding tert-OH is 1. The summed E-state index contributed by atoms with van der Waals surface area (Å²) in [6.07, 6.45) is 44.5. The predicted molar refractivity (Wildman–Crippen MR) is 367 cm³/mol. The molecule has 91 heavy (non-hydrogen) atoms. The van der Waals surface area contributed by atoms with Crippen LogP contribution in [0.1, 0.15) is 357 Å². The van der Waals surface area contributed by atoms with Crippen LogP contribution in [0.15, 0.2) is 0 Å². The van der Waals surface area contributed by atoms with Crippen LogP contribution in [0.5, 0.6) is 0 Å². The molecular weight excluding hydrogens is 1200 g/mol. The number of hydrogen-bond acceptors (Lipinski definition) is 15. The Morgan fingerprint density at radius 1 is 0.308 bits per heavy atom. The summed E-state index contributed by atoms with van der Waals surface area (Å²) in [7, 11) is -9.91. The van der Waals surface area contributed by atoms with E-state index in [1.165, 1.54) is 154 Å². The molecule has 540 valence electrons. The highest BCUT2D eigenvalue weighted by Gasteiger charge is 2.30. The normalized spacial score (nSPS) is 14.5. The molecule has 0 amide bonds. The molecule has 0 fully saturated rings. The molecule has 3 unspecified atom stereocenters. The number of carbonyl (C=O) groups excluding carboxylic acids is 4. The molecule has 19 heteroatoms. The molecule has 0 saturated heterocycles. The topological polar surface area (TPSA) is 237 Å². The van der Waals surface area contributed by atoms with Crippen LogP contribution in [-0.4, -0.2) is 96.7 Å². The molecule has 0 heterocycles. The van der Waals surface area contributed by atoms with Crippen LogP contribution in [-0.2, 0) is 65.4 Å². The maximum Gasteiger partial charge on any atom is 0.472 e. The maximum atomic E-state index is 13.0. The Morgan fingerprint density at radius 3 is 0.780 bits per heavy atom. The van der Waals surface area contributed by atoms with E-state index in [9.17, 15) is 43.2 Å². The van der Waals surface area contributed by atoms with Crippen molar-refractivity contribution in [3.63, 3.8) is 0 Å². The fraction of sp³-hybridized carbons (Fsp3) is 0.944. The lowest BCUT2D eigenvalue weighted by atomic mass is 10.00. The number of unbranched alkanes of at least 4 members (excludes halogenated alkanes) is 34. The number of hydrogen-bond donors (Lipinski definition) is 3. The Labute approximate surface area is 556 Å². The molecule has 6 atom stereocenters. The van der Waals surface area contributed by atoms with Gasteiger partial charge in [0.15, 0.2) is 12.2 Å². The van der Waals surface area contributed by atoms with Crippen LogP contribution in [0.3, 0.4) is 0 Å². The Bertz CT molecular complexity index is 1800. The smallest absolute Gasteiger partial charge is 0.462 e. The molecule has 3 N–H and O–H groups in total. The van der Waals surface area contributed by atoms with E-state index in [4.69, 9.17) is 37.0 Å². The molecule has 0 aliphatic heterocycles. The Kier molecular flexibility index (Phi) is 60.3. The van der Waals surface area contributed by atoms with E-state index in [0.717, 1.165) is 120 Å². The number of phosphoric ester groups is 2. The zero-order chi connectivity index (χ0) is 67.5. The SMILES string of the molecule is CCC(C)CCCCCCCCC(=O)OC[C@H](COP(=O)(O)OC[C@H](O)COP(=O)(O)OC[C@@H](COC(=O)CCCCCCCCCCCCCCCCC(C)C)OC(=O)CCCCCCCCCCCCC(C)C)OC(=O)CCCCCCCCCCC(C)C. The molecule has 0 spiro atoms. The number of ether oxygens (including phenoxy) is 4. The lowest BCUT2D eigenvalue weighted by molar-refractivity contribution is -0.161. The Hall–Kier alpha value is -1.94. The van der Waals surface area contributed by atoms with Crippen LogP contribution in [0.4, 0.5) is 0 Å². The van der Waals surface area contributed by atoms with Gasteiger partial charge in [-0.3, -0.25) is 37.3 Å². The first-order valence-electron chi connectivity index (χ1n) is 37.2. The van der Waals surface area contributed by atoms with E-state index in [0.29, 0.717) is 25.7 Å². The highest BCUT2D eigenvalue weighted by atomic mass is 31.2. The van der Waals surface area contributed by atoms with Crippen LogP contribution in [0.25, 0.3) is 0 Å². The minimum absolute atomic E-state index is 0.103. The highest BCUT2D eigenvalue weighted by molar-refractivity contribution is 7.47. The van der Waals surface area contributed by atoms with Crippen molar-refractivity contribution in [1.82, 2.24) is 0 Å². The quantitative estimate of drug-likeness (QED) is 0.0222. The summed E-state index contributed by atoms with van der Waals surface area (Å²) >= 11 is 0. The number of phosphoric acid groups is 2. The van der Waals surface area contributed by atoms with E-state index in [-0.39, 0.29) is 25.7 Å². The lowest BCUT2D eigenvalue weighted by Crippen LogP contribution is -2.30. The number of aliphatic hydroxyl groups is 1. The monoisotopic (exact) mass is 1340 g/mol. The van der Waals surface area contributed by atoms with E-state index >= 15 is 0 Å². The molecule has 0 aromatic rings. The van der Waals surface area contributed by atoms with E-state index in [1.807, 2.05) is 0 Å². The van der Waals surface area contributed by atoms with Crippen molar-refractivity contribution < 1.29 is 80.2 Å². The first kappa shape index (κ1) is 89.1. The summed E-state index contributed by atoms with van der Waals surface area (Å²) in [5, 5.41) is 10.6. The average Bonchev–Trinajstić information content (AvgIpc) is 3.40. The van der Waals surface area contributed by atoms with Crippen molar-refractivity contribution in [3.05, 3.63) is 0 Å². The molecule has 0 radical (unpaired) electrons. The van der Waals surface area contributed by atoms with Crippen molar-refractivity contribution in [2.45, 2.75) is 375 Å². The van der Waals surface area contributed by atoms with Crippen molar-refractivity contribution in [1.29, 1.82) is 0 Å². The molecule has 0 saturated carbocycles. The van der Waals surface area contributed by atoms with Crippen molar-refractivity contribution >= 4 is 39.5 Å². The summed E-state index contributed by atoms with van der Waals surface area (Å²) in [6.45, 7) is 14.1. The third-order valence-electron chi connectivity index (χ3n) is 16.9. The van der Waals surface area contributed by atoms with Crippen LogP contribution in [0.2, 0.25) is 0 Å². The first-order valence-corrected chi connectivity index (χ1v) is 40.2. The van der Waals surface area contributed by atoms with E-state index in [1.54, 1.807) is 0 Å². The zero-order valence-electron chi connectivity index (χ0n) is 59.5. The fourth-order valence-electron chi connectivity index (χ4n) is 10.8. The zero-order valence-corrected chi connectivity index (χ0v) is 61.3. The largest absolute Gasteiger partial charge is 0.472 e. The molecule has 0 bridgehead atoms. The van der Waals surface area contributed by atoms with E-state index < -0.39 is 97.5 Å². The van der Waals surface area contributed by atoms with E-state index in [2.05, 4.69) is 55.4 Å². The van der Waals surface area contributed by atoms with Crippen molar-refractivity contribution in [2.24, 2.45) is 23.7 Å². The van der Waals surface area contributed by atoms with Gasteiger partial charge in [0.2, 0.25) is 0 Å². The summed E-state index contributed by atoms with van der Waals surface area (Å²) in [4.78, 5) is 72.6. The average molecular weight is 1340 g/mol. The first-order chi connectivity index (χ1) is 43.6. The Morgan fingerprint density at radius 2 is 0.527 bits per heavy atom.